The van der Waals surface area contributed by atoms with Crippen LogP contribution in [0.3, 0.4) is 0 Å². The minimum absolute atomic E-state index is 0.0720. The van der Waals surface area contributed by atoms with Crippen molar-refractivity contribution in [1.82, 2.24) is 15.0 Å². The van der Waals surface area contributed by atoms with Crippen LogP contribution in [0.25, 0.3) is 0 Å². The summed E-state index contributed by atoms with van der Waals surface area (Å²) >= 11 is 2.96. The molecule has 0 aliphatic carbocycles. The van der Waals surface area contributed by atoms with Gasteiger partial charge in [-0.25, -0.2) is 15.0 Å². The molecule has 0 unspecified atom stereocenters. The minimum Gasteiger partial charge on any atom is -0.384 e. The van der Waals surface area contributed by atoms with E-state index in [0.717, 1.165) is 27.6 Å². The van der Waals surface area contributed by atoms with Gasteiger partial charge >= 0.3 is 0 Å². The zero-order chi connectivity index (χ0) is 18.5. The van der Waals surface area contributed by atoms with E-state index in [-0.39, 0.29) is 12.3 Å². The van der Waals surface area contributed by atoms with E-state index < -0.39 is 0 Å². The molecule has 0 fully saturated rings. The first kappa shape index (κ1) is 18.3. The highest BCUT2D eigenvalue weighted by atomic mass is 32.2. The summed E-state index contributed by atoms with van der Waals surface area (Å²) in [7, 11) is 0. The Bertz CT molecular complexity index is 888. The van der Waals surface area contributed by atoms with Crippen LogP contribution in [0.2, 0.25) is 0 Å². The van der Waals surface area contributed by atoms with Crippen molar-refractivity contribution in [3.05, 3.63) is 57.7 Å². The van der Waals surface area contributed by atoms with Crippen LogP contribution in [0.15, 0.2) is 40.9 Å². The minimum atomic E-state index is -0.0720. The molecular weight excluding hydrogens is 366 g/mol. The number of carbonyl (C=O) groups is 1. The van der Waals surface area contributed by atoms with Crippen LogP contribution in [0.1, 0.15) is 22.0 Å². The zero-order valence-corrected chi connectivity index (χ0v) is 16.2. The average Bonchev–Trinajstić information content (AvgIpc) is 3.01. The molecule has 2 heterocycles. The molecule has 0 radical (unpaired) electrons. The normalized spacial score (nSPS) is 10.7. The van der Waals surface area contributed by atoms with Crippen molar-refractivity contribution in [2.45, 2.75) is 31.2 Å². The molecule has 0 saturated heterocycles. The number of nitrogens with two attached hydrogens (primary N) is 1. The molecular formula is C18H19N5OS2. The van der Waals surface area contributed by atoms with E-state index in [0.29, 0.717) is 16.7 Å². The number of thioether (sulfide) groups is 1. The molecule has 3 aromatic rings. The van der Waals surface area contributed by atoms with Crippen LogP contribution in [0, 0.1) is 13.8 Å². The number of nitrogen functional groups attached to an aromatic ring is 1. The molecule has 6 nitrogen and oxygen atoms in total. The standard InChI is InChI=1S/C18H19N5OS2/c1-11-3-5-13(6-4-11)21-16(24)8-17-22-14(9-25-17)10-26-18-20-12(2)7-15(19)23-18/h3-7,9H,8,10H2,1-2H3,(H,21,24)(H2,19,20,23). The van der Waals surface area contributed by atoms with E-state index in [1.807, 2.05) is 43.5 Å². The van der Waals surface area contributed by atoms with E-state index in [1.165, 1.54) is 23.1 Å². The molecule has 2 aromatic heterocycles. The van der Waals surface area contributed by atoms with Gasteiger partial charge in [0.25, 0.3) is 0 Å². The van der Waals surface area contributed by atoms with Gasteiger partial charge in [-0.15, -0.1) is 11.3 Å². The smallest absolute Gasteiger partial charge is 0.231 e. The highest BCUT2D eigenvalue weighted by Gasteiger charge is 2.10. The Hall–Kier alpha value is -2.45. The number of aromatic nitrogens is 3. The fourth-order valence-electron chi connectivity index (χ4n) is 2.24. The topological polar surface area (TPSA) is 93.8 Å². The van der Waals surface area contributed by atoms with Crippen LogP contribution in [0.5, 0.6) is 0 Å². The van der Waals surface area contributed by atoms with E-state index in [4.69, 9.17) is 5.73 Å². The highest BCUT2D eigenvalue weighted by Crippen LogP contribution is 2.22. The van der Waals surface area contributed by atoms with Crippen molar-refractivity contribution >= 4 is 40.5 Å². The lowest BCUT2D eigenvalue weighted by atomic mass is 10.2. The van der Waals surface area contributed by atoms with Gasteiger partial charge in [-0.2, -0.15) is 0 Å². The summed E-state index contributed by atoms with van der Waals surface area (Å²) in [6.45, 7) is 3.90. The third-order valence-electron chi connectivity index (χ3n) is 3.45. The molecule has 3 N–H and O–H groups in total. The van der Waals surface area contributed by atoms with Crippen molar-refractivity contribution in [2.24, 2.45) is 0 Å². The molecule has 0 saturated carbocycles. The highest BCUT2D eigenvalue weighted by molar-refractivity contribution is 7.98. The number of rotatable bonds is 6. The van der Waals surface area contributed by atoms with Gasteiger partial charge in [-0.1, -0.05) is 29.5 Å². The van der Waals surface area contributed by atoms with Gasteiger partial charge in [0.2, 0.25) is 5.91 Å². The monoisotopic (exact) mass is 385 g/mol. The quantitative estimate of drug-likeness (QED) is 0.497. The average molecular weight is 386 g/mol. The lowest BCUT2D eigenvalue weighted by Gasteiger charge is -2.04. The summed E-state index contributed by atoms with van der Waals surface area (Å²) in [5, 5.41) is 6.27. The molecule has 1 aromatic carbocycles. The SMILES string of the molecule is Cc1ccc(NC(=O)Cc2nc(CSc3nc(C)cc(N)n3)cs2)cc1. The van der Waals surface area contributed by atoms with Gasteiger partial charge in [0.1, 0.15) is 10.8 Å². The molecule has 0 atom stereocenters. The second kappa shape index (κ2) is 8.29. The predicted molar refractivity (Wildman–Crippen MR) is 106 cm³/mol. The Labute approximate surface area is 160 Å². The molecule has 26 heavy (non-hydrogen) atoms. The predicted octanol–water partition coefficient (Wildman–Crippen LogP) is 3.61. The van der Waals surface area contributed by atoms with Gasteiger partial charge < -0.3 is 11.1 Å². The molecule has 0 aliphatic rings. The van der Waals surface area contributed by atoms with Crippen molar-refractivity contribution in [3.8, 4) is 0 Å². The largest absolute Gasteiger partial charge is 0.384 e. The summed E-state index contributed by atoms with van der Waals surface area (Å²) in [6, 6.07) is 9.45. The van der Waals surface area contributed by atoms with Gasteiger partial charge in [-0.3, -0.25) is 4.79 Å². The van der Waals surface area contributed by atoms with E-state index in [2.05, 4.69) is 20.3 Å². The number of nitrogens with one attached hydrogen (secondary N) is 1. The summed E-state index contributed by atoms with van der Waals surface area (Å²) in [6.07, 6.45) is 0.261. The summed E-state index contributed by atoms with van der Waals surface area (Å²) < 4.78 is 0. The van der Waals surface area contributed by atoms with Crippen molar-refractivity contribution in [2.75, 3.05) is 11.1 Å². The maximum atomic E-state index is 12.1. The molecule has 1 amide bonds. The first-order chi connectivity index (χ1) is 12.5. The number of nitrogens with zero attached hydrogens (tertiary/aromatic N) is 3. The number of benzene rings is 1. The number of carbonyl (C=O) groups excluding carboxylic acids is 1. The van der Waals surface area contributed by atoms with Crippen LogP contribution < -0.4 is 11.1 Å². The fraction of sp³-hybridized carbons (Fsp3) is 0.222. The Balaban J connectivity index is 1.54. The number of thiazole rings is 1. The number of anilines is 2. The van der Waals surface area contributed by atoms with Gasteiger partial charge in [-0.05, 0) is 26.0 Å². The second-order valence-corrected chi connectivity index (χ2v) is 7.71. The molecule has 0 aliphatic heterocycles. The van der Waals surface area contributed by atoms with E-state index in [1.54, 1.807) is 6.07 Å². The lowest BCUT2D eigenvalue weighted by Crippen LogP contribution is -2.14. The Morgan fingerprint density at radius 3 is 2.69 bits per heavy atom. The van der Waals surface area contributed by atoms with Crippen LogP contribution in [-0.2, 0) is 17.0 Å². The number of amides is 1. The molecule has 3 rings (SSSR count). The number of hydrogen-bond acceptors (Lipinski definition) is 7. The zero-order valence-electron chi connectivity index (χ0n) is 14.5. The number of hydrogen-bond donors (Lipinski definition) is 2. The molecule has 0 spiro atoms. The third kappa shape index (κ3) is 5.27. The second-order valence-electron chi connectivity index (χ2n) is 5.83. The van der Waals surface area contributed by atoms with Crippen LogP contribution >= 0.6 is 23.1 Å². The molecule has 134 valence electrons. The summed E-state index contributed by atoms with van der Waals surface area (Å²) in [5.41, 5.74) is 9.43. The molecule has 8 heteroatoms. The van der Waals surface area contributed by atoms with Gasteiger partial charge in [0.15, 0.2) is 5.16 Å². The fourth-order valence-corrected chi connectivity index (χ4v) is 3.95. The van der Waals surface area contributed by atoms with Crippen LogP contribution in [-0.4, -0.2) is 20.9 Å². The maximum absolute atomic E-state index is 12.1. The van der Waals surface area contributed by atoms with Crippen molar-refractivity contribution in [3.63, 3.8) is 0 Å². The van der Waals surface area contributed by atoms with E-state index in [9.17, 15) is 4.79 Å². The Kier molecular flexibility index (Phi) is 5.85. The van der Waals surface area contributed by atoms with Gasteiger partial charge in [0, 0.05) is 28.6 Å². The van der Waals surface area contributed by atoms with Crippen molar-refractivity contribution < 1.29 is 4.79 Å². The lowest BCUT2D eigenvalue weighted by molar-refractivity contribution is -0.115. The van der Waals surface area contributed by atoms with E-state index >= 15 is 0 Å². The Morgan fingerprint density at radius 1 is 1.19 bits per heavy atom. The van der Waals surface area contributed by atoms with Crippen molar-refractivity contribution in [1.29, 1.82) is 0 Å². The van der Waals surface area contributed by atoms with Crippen LogP contribution in [0.4, 0.5) is 11.5 Å². The van der Waals surface area contributed by atoms with Gasteiger partial charge in [0.05, 0.1) is 12.1 Å². The number of aryl methyl sites for hydroxylation is 2. The Morgan fingerprint density at radius 2 is 1.96 bits per heavy atom. The third-order valence-corrected chi connectivity index (χ3v) is 5.23. The summed E-state index contributed by atoms with van der Waals surface area (Å²) in [5.74, 6) is 1.03. The molecule has 0 bridgehead atoms. The maximum Gasteiger partial charge on any atom is 0.231 e. The summed E-state index contributed by atoms with van der Waals surface area (Å²) in [4.78, 5) is 25.2. The first-order valence-corrected chi connectivity index (χ1v) is 9.88. The first-order valence-electron chi connectivity index (χ1n) is 8.02.